The fraction of sp³-hybridized carbons (Fsp3) is 0.500. The number of hydrogen-bond acceptors (Lipinski definition) is 5. The molecule has 2 amide bonds. The van der Waals surface area contributed by atoms with E-state index in [1.54, 1.807) is 7.11 Å². The first-order valence-electron chi connectivity index (χ1n) is 8.54. The Balaban J connectivity index is 1.80. The molecule has 2 N–H and O–H groups in total. The molecule has 2 rings (SSSR count). The van der Waals surface area contributed by atoms with E-state index in [2.05, 4.69) is 20.8 Å². The first-order chi connectivity index (χ1) is 12.0. The SMILES string of the molecule is CCC(NC(=O)NCCc1nc(C(C)C)no1)c1ccc(OC)cc1. The molecule has 0 saturated carbocycles. The van der Waals surface area contributed by atoms with Crippen molar-refractivity contribution in [1.82, 2.24) is 20.8 Å². The topological polar surface area (TPSA) is 89.3 Å². The highest BCUT2D eigenvalue weighted by Gasteiger charge is 2.13. The van der Waals surface area contributed by atoms with Gasteiger partial charge in [-0.25, -0.2) is 4.79 Å². The second-order valence-corrected chi connectivity index (χ2v) is 6.09. The molecule has 0 saturated heterocycles. The number of rotatable bonds is 8. The molecular formula is C18H26N4O3. The van der Waals surface area contributed by atoms with Crippen LogP contribution in [0.1, 0.15) is 56.4 Å². The van der Waals surface area contributed by atoms with E-state index in [9.17, 15) is 4.79 Å². The van der Waals surface area contributed by atoms with E-state index in [1.165, 1.54) is 0 Å². The highest BCUT2D eigenvalue weighted by molar-refractivity contribution is 5.74. The average molecular weight is 346 g/mol. The fourth-order valence-corrected chi connectivity index (χ4v) is 2.35. The van der Waals surface area contributed by atoms with Gasteiger partial charge in [0.25, 0.3) is 0 Å². The van der Waals surface area contributed by atoms with E-state index >= 15 is 0 Å². The first-order valence-corrected chi connectivity index (χ1v) is 8.54. The van der Waals surface area contributed by atoms with Gasteiger partial charge in [0.15, 0.2) is 5.82 Å². The molecule has 0 bridgehead atoms. The van der Waals surface area contributed by atoms with Gasteiger partial charge >= 0.3 is 6.03 Å². The van der Waals surface area contributed by atoms with Crippen molar-refractivity contribution in [3.8, 4) is 5.75 Å². The number of methoxy groups -OCH3 is 1. The maximum absolute atomic E-state index is 12.1. The molecule has 1 heterocycles. The quantitative estimate of drug-likeness (QED) is 0.766. The minimum absolute atomic E-state index is 0.0538. The second-order valence-electron chi connectivity index (χ2n) is 6.09. The molecule has 1 aromatic carbocycles. The van der Waals surface area contributed by atoms with Crippen molar-refractivity contribution in [3.63, 3.8) is 0 Å². The van der Waals surface area contributed by atoms with E-state index in [1.807, 2.05) is 45.0 Å². The van der Waals surface area contributed by atoms with Crippen molar-refractivity contribution in [2.24, 2.45) is 0 Å². The summed E-state index contributed by atoms with van der Waals surface area (Å²) < 4.78 is 10.3. The van der Waals surface area contributed by atoms with Crippen LogP contribution in [0, 0.1) is 0 Å². The van der Waals surface area contributed by atoms with Crippen molar-refractivity contribution < 1.29 is 14.1 Å². The fourth-order valence-electron chi connectivity index (χ4n) is 2.35. The highest BCUT2D eigenvalue weighted by atomic mass is 16.5. The van der Waals surface area contributed by atoms with Crippen LogP contribution in [0.15, 0.2) is 28.8 Å². The van der Waals surface area contributed by atoms with Crippen LogP contribution < -0.4 is 15.4 Å². The standard InChI is InChI=1S/C18H26N4O3/c1-5-15(13-6-8-14(24-4)9-7-13)20-18(23)19-11-10-16-21-17(12(2)3)22-25-16/h6-9,12,15H,5,10-11H2,1-4H3,(H2,19,20,23). The first kappa shape index (κ1) is 18.8. The molecule has 0 aliphatic carbocycles. The lowest BCUT2D eigenvalue weighted by atomic mass is 10.0. The number of aromatic nitrogens is 2. The molecule has 7 heteroatoms. The normalized spacial score (nSPS) is 12.0. The Bertz CT molecular complexity index is 667. The summed E-state index contributed by atoms with van der Waals surface area (Å²) in [6, 6.07) is 7.42. The lowest BCUT2D eigenvalue weighted by molar-refractivity contribution is 0.236. The van der Waals surface area contributed by atoms with Gasteiger partial charge in [0, 0.05) is 18.9 Å². The lowest BCUT2D eigenvalue weighted by Crippen LogP contribution is -2.38. The Morgan fingerprint density at radius 1 is 1.28 bits per heavy atom. The molecule has 2 aromatic rings. The zero-order chi connectivity index (χ0) is 18.2. The average Bonchev–Trinajstić information content (AvgIpc) is 3.09. The van der Waals surface area contributed by atoms with E-state index in [4.69, 9.17) is 9.26 Å². The minimum atomic E-state index is -0.216. The number of urea groups is 1. The molecule has 0 radical (unpaired) electrons. The third kappa shape index (κ3) is 5.48. The number of nitrogens with zero attached hydrogens (tertiary/aromatic N) is 2. The van der Waals surface area contributed by atoms with Crippen LogP contribution in [-0.4, -0.2) is 29.8 Å². The summed E-state index contributed by atoms with van der Waals surface area (Å²) in [6.07, 6.45) is 1.30. The van der Waals surface area contributed by atoms with E-state index in [-0.39, 0.29) is 18.0 Å². The number of carbonyl (C=O) groups is 1. The van der Waals surface area contributed by atoms with Gasteiger partial charge in [-0.1, -0.05) is 38.1 Å². The Morgan fingerprint density at radius 3 is 2.56 bits per heavy atom. The second kappa shape index (κ2) is 9.05. The van der Waals surface area contributed by atoms with Gasteiger partial charge < -0.3 is 19.9 Å². The predicted octanol–water partition coefficient (Wildman–Crippen LogP) is 3.19. The molecule has 1 atom stereocenters. The summed E-state index contributed by atoms with van der Waals surface area (Å²) in [6.45, 7) is 6.47. The molecule has 7 nitrogen and oxygen atoms in total. The van der Waals surface area contributed by atoms with Crippen LogP contribution in [0.2, 0.25) is 0 Å². The molecule has 1 unspecified atom stereocenters. The largest absolute Gasteiger partial charge is 0.497 e. The van der Waals surface area contributed by atoms with E-state index in [0.29, 0.717) is 24.7 Å². The third-order valence-corrected chi connectivity index (χ3v) is 3.86. The molecule has 0 spiro atoms. The summed E-state index contributed by atoms with van der Waals surface area (Å²) in [7, 11) is 1.63. The predicted molar refractivity (Wildman–Crippen MR) is 94.7 cm³/mol. The number of benzene rings is 1. The molecule has 25 heavy (non-hydrogen) atoms. The van der Waals surface area contributed by atoms with Gasteiger partial charge in [-0.2, -0.15) is 4.98 Å². The zero-order valence-electron chi connectivity index (χ0n) is 15.2. The van der Waals surface area contributed by atoms with Gasteiger partial charge in [-0.05, 0) is 24.1 Å². The maximum Gasteiger partial charge on any atom is 0.315 e. The Morgan fingerprint density at radius 2 is 2.00 bits per heavy atom. The summed E-state index contributed by atoms with van der Waals surface area (Å²) in [5.41, 5.74) is 1.04. The molecule has 0 aliphatic rings. The van der Waals surface area contributed by atoms with Crippen molar-refractivity contribution in [2.45, 2.75) is 45.6 Å². The number of nitrogens with one attached hydrogen (secondary N) is 2. The summed E-state index contributed by atoms with van der Waals surface area (Å²) >= 11 is 0. The molecule has 0 aliphatic heterocycles. The minimum Gasteiger partial charge on any atom is -0.497 e. The molecular weight excluding hydrogens is 320 g/mol. The molecule has 136 valence electrons. The Hall–Kier alpha value is -2.57. The third-order valence-electron chi connectivity index (χ3n) is 3.86. The van der Waals surface area contributed by atoms with Crippen LogP contribution in [0.3, 0.4) is 0 Å². The van der Waals surface area contributed by atoms with Crippen LogP contribution >= 0.6 is 0 Å². The van der Waals surface area contributed by atoms with Gasteiger partial charge in [0.1, 0.15) is 5.75 Å². The number of hydrogen-bond donors (Lipinski definition) is 2. The van der Waals surface area contributed by atoms with Gasteiger partial charge in [0.05, 0.1) is 13.2 Å². The maximum atomic E-state index is 12.1. The van der Waals surface area contributed by atoms with E-state index in [0.717, 1.165) is 17.7 Å². The van der Waals surface area contributed by atoms with E-state index < -0.39 is 0 Å². The van der Waals surface area contributed by atoms with Crippen molar-refractivity contribution in [1.29, 1.82) is 0 Å². The molecule has 1 aromatic heterocycles. The van der Waals surface area contributed by atoms with Crippen molar-refractivity contribution in [3.05, 3.63) is 41.5 Å². The summed E-state index contributed by atoms with van der Waals surface area (Å²) in [5.74, 6) is 2.24. The Kier molecular flexibility index (Phi) is 6.80. The summed E-state index contributed by atoms with van der Waals surface area (Å²) in [5, 5.41) is 9.70. The smallest absolute Gasteiger partial charge is 0.315 e. The summed E-state index contributed by atoms with van der Waals surface area (Å²) in [4.78, 5) is 16.4. The van der Waals surface area contributed by atoms with Crippen molar-refractivity contribution in [2.75, 3.05) is 13.7 Å². The van der Waals surface area contributed by atoms with Crippen LogP contribution in [0.25, 0.3) is 0 Å². The zero-order valence-corrected chi connectivity index (χ0v) is 15.2. The monoisotopic (exact) mass is 346 g/mol. The number of amides is 2. The van der Waals surface area contributed by atoms with Gasteiger partial charge in [-0.3, -0.25) is 0 Å². The van der Waals surface area contributed by atoms with Crippen molar-refractivity contribution >= 4 is 6.03 Å². The number of carbonyl (C=O) groups excluding carboxylic acids is 1. The van der Waals surface area contributed by atoms with Crippen LogP contribution in [-0.2, 0) is 6.42 Å². The van der Waals surface area contributed by atoms with Crippen LogP contribution in [0.5, 0.6) is 5.75 Å². The Labute approximate surface area is 148 Å². The lowest BCUT2D eigenvalue weighted by Gasteiger charge is -2.18. The van der Waals surface area contributed by atoms with Crippen LogP contribution in [0.4, 0.5) is 4.79 Å². The highest BCUT2D eigenvalue weighted by Crippen LogP contribution is 2.19. The van der Waals surface area contributed by atoms with Gasteiger partial charge in [0.2, 0.25) is 5.89 Å². The molecule has 0 fully saturated rings. The number of ether oxygens (including phenoxy) is 1. The van der Waals surface area contributed by atoms with Gasteiger partial charge in [-0.15, -0.1) is 0 Å².